The monoisotopic (exact) mass is 387 g/mol. The van der Waals surface area contributed by atoms with Crippen molar-refractivity contribution in [2.24, 2.45) is 7.05 Å². The molecule has 6 nitrogen and oxygen atoms in total. The van der Waals surface area contributed by atoms with Crippen molar-refractivity contribution in [3.63, 3.8) is 0 Å². The molecular weight excluding hydrogens is 369 g/mol. The quantitative estimate of drug-likeness (QED) is 0.748. The van der Waals surface area contributed by atoms with Crippen molar-refractivity contribution in [1.82, 2.24) is 9.13 Å². The van der Waals surface area contributed by atoms with Gasteiger partial charge in [-0.3, -0.25) is 19.0 Å². The first-order valence-corrected chi connectivity index (χ1v) is 9.02. The highest BCUT2D eigenvalue weighted by atomic mass is 32.1. The van der Waals surface area contributed by atoms with Crippen molar-refractivity contribution in [3.8, 4) is 11.3 Å². The van der Waals surface area contributed by atoms with Crippen LogP contribution in [0.4, 0.5) is 10.1 Å². The molecule has 8 heteroatoms. The number of nitrogens with one attached hydrogen (secondary N) is 1. The second kappa shape index (κ2) is 7.32. The molecule has 3 aromatic rings. The zero-order valence-corrected chi connectivity index (χ0v) is 15.9. The SMILES string of the molecule is Cc1ccn(C)c(=O)c1NC(=O)Cn1c(-c2ccc(F)cc2)c(C)sc1=O. The minimum atomic E-state index is -0.482. The fraction of sp³-hybridized carbons (Fsp3) is 0.211. The molecule has 140 valence electrons. The molecule has 0 spiro atoms. The van der Waals surface area contributed by atoms with Crippen molar-refractivity contribution in [2.75, 3.05) is 5.32 Å². The maximum atomic E-state index is 13.2. The number of carbonyl (C=O) groups excluding carboxylic acids is 1. The predicted molar refractivity (Wildman–Crippen MR) is 104 cm³/mol. The Balaban J connectivity index is 1.94. The van der Waals surface area contributed by atoms with E-state index in [0.29, 0.717) is 16.8 Å². The number of aryl methyl sites for hydroxylation is 3. The van der Waals surface area contributed by atoms with E-state index in [2.05, 4.69) is 5.32 Å². The van der Waals surface area contributed by atoms with Gasteiger partial charge in [-0.2, -0.15) is 0 Å². The van der Waals surface area contributed by atoms with Crippen LogP contribution in [0.15, 0.2) is 46.1 Å². The molecule has 0 unspecified atom stereocenters. The number of thiazole rings is 1. The third-order valence-electron chi connectivity index (χ3n) is 4.22. The molecule has 0 saturated carbocycles. The van der Waals surface area contributed by atoms with Gasteiger partial charge in [0.05, 0.1) is 5.69 Å². The molecule has 0 bridgehead atoms. The van der Waals surface area contributed by atoms with Crippen LogP contribution < -0.4 is 15.7 Å². The summed E-state index contributed by atoms with van der Waals surface area (Å²) in [5.41, 5.74) is 1.72. The van der Waals surface area contributed by atoms with Crippen LogP contribution in [0.25, 0.3) is 11.3 Å². The first-order chi connectivity index (χ1) is 12.8. The number of anilines is 1. The summed E-state index contributed by atoms with van der Waals surface area (Å²) in [6.07, 6.45) is 1.62. The van der Waals surface area contributed by atoms with Crippen LogP contribution in [0, 0.1) is 19.7 Å². The standard InChI is InChI=1S/C19H18FN3O3S/c1-11-8-9-22(3)18(25)16(11)21-15(24)10-23-17(12(2)27-19(23)26)13-4-6-14(20)7-5-13/h4-9H,10H2,1-3H3,(H,21,24). The van der Waals surface area contributed by atoms with Crippen molar-refractivity contribution < 1.29 is 9.18 Å². The van der Waals surface area contributed by atoms with E-state index in [-0.39, 0.29) is 28.5 Å². The Morgan fingerprint density at radius 1 is 1.15 bits per heavy atom. The van der Waals surface area contributed by atoms with E-state index in [1.54, 1.807) is 45.3 Å². The molecule has 0 aliphatic carbocycles. The summed E-state index contributed by atoms with van der Waals surface area (Å²) in [7, 11) is 1.59. The van der Waals surface area contributed by atoms with E-state index >= 15 is 0 Å². The van der Waals surface area contributed by atoms with Crippen LogP contribution >= 0.6 is 11.3 Å². The van der Waals surface area contributed by atoms with Gasteiger partial charge in [-0.05, 0) is 55.3 Å². The number of amides is 1. The Labute approximate surface area is 158 Å². The van der Waals surface area contributed by atoms with E-state index in [0.717, 1.165) is 16.2 Å². The van der Waals surface area contributed by atoms with Crippen molar-refractivity contribution >= 4 is 22.9 Å². The first-order valence-electron chi connectivity index (χ1n) is 8.20. The van der Waals surface area contributed by atoms with E-state index in [4.69, 9.17) is 0 Å². The summed E-state index contributed by atoms with van der Waals surface area (Å²) in [5, 5.41) is 2.60. The number of aromatic nitrogens is 2. The van der Waals surface area contributed by atoms with Gasteiger partial charge in [0.15, 0.2) is 0 Å². The highest BCUT2D eigenvalue weighted by Crippen LogP contribution is 2.25. The van der Waals surface area contributed by atoms with Crippen LogP contribution in [0.5, 0.6) is 0 Å². The topological polar surface area (TPSA) is 73.1 Å². The maximum absolute atomic E-state index is 13.2. The largest absolute Gasteiger partial charge is 0.320 e. The van der Waals surface area contributed by atoms with Crippen LogP contribution in [0.3, 0.4) is 0 Å². The number of pyridine rings is 1. The second-order valence-corrected chi connectivity index (χ2v) is 7.37. The van der Waals surface area contributed by atoms with Gasteiger partial charge in [0.1, 0.15) is 18.0 Å². The number of hydrogen-bond donors (Lipinski definition) is 1. The molecular formula is C19H18FN3O3S. The lowest BCUT2D eigenvalue weighted by atomic mass is 10.1. The molecule has 0 fully saturated rings. The summed E-state index contributed by atoms with van der Waals surface area (Å²) >= 11 is 1.02. The Bertz CT molecular complexity index is 1130. The third kappa shape index (κ3) is 3.75. The zero-order valence-electron chi connectivity index (χ0n) is 15.1. The summed E-state index contributed by atoms with van der Waals surface area (Å²) in [5.74, 6) is -0.863. The Kier molecular flexibility index (Phi) is 5.09. The number of halogens is 1. The Hall–Kier alpha value is -3.00. The van der Waals surface area contributed by atoms with E-state index < -0.39 is 5.91 Å². The summed E-state index contributed by atoms with van der Waals surface area (Å²) < 4.78 is 15.9. The normalized spacial score (nSPS) is 10.8. The van der Waals surface area contributed by atoms with Gasteiger partial charge in [-0.15, -0.1) is 0 Å². The van der Waals surface area contributed by atoms with Gasteiger partial charge in [-0.1, -0.05) is 11.3 Å². The minimum Gasteiger partial charge on any atom is -0.320 e. The molecule has 0 radical (unpaired) electrons. The van der Waals surface area contributed by atoms with Gasteiger partial charge in [0.2, 0.25) is 5.91 Å². The molecule has 3 rings (SSSR count). The molecule has 0 saturated heterocycles. The van der Waals surface area contributed by atoms with Crippen molar-refractivity contribution in [2.45, 2.75) is 20.4 Å². The zero-order chi connectivity index (χ0) is 19.7. The highest BCUT2D eigenvalue weighted by Gasteiger charge is 2.18. The highest BCUT2D eigenvalue weighted by molar-refractivity contribution is 7.09. The summed E-state index contributed by atoms with van der Waals surface area (Å²) in [4.78, 5) is 37.5. The number of benzene rings is 1. The van der Waals surface area contributed by atoms with Gasteiger partial charge in [-0.25, -0.2) is 4.39 Å². The molecule has 0 atom stereocenters. The van der Waals surface area contributed by atoms with Gasteiger partial charge in [0.25, 0.3) is 5.56 Å². The predicted octanol–water partition coefficient (Wildman–Crippen LogP) is 2.67. The van der Waals surface area contributed by atoms with Crippen LogP contribution in [0.1, 0.15) is 10.4 Å². The average Bonchev–Trinajstić information content (AvgIpc) is 2.89. The molecule has 2 aromatic heterocycles. The molecule has 0 aliphatic rings. The summed E-state index contributed by atoms with van der Waals surface area (Å²) in [6, 6.07) is 7.46. The van der Waals surface area contributed by atoms with Crippen molar-refractivity contribution in [1.29, 1.82) is 0 Å². The van der Waals surface area contributed by atoms with E-state index in [1.807, 2.05) is 0 Å². The number of rotatable bonds is 4. The van der Waals surface area contributed by atoms with Gasteiger partial charge < -0.3 is 9.88 Å². The third-order valence-corrected chi connectivity index (χ3v) is 5.12. The van der Waals surface area contributed by atoms with E-state index in [1.165, 1.54) is 21.3 Å². The number of hydrogen-bond acceptors (Lipinski definition) is 4. The maximum Gasteiger partial charge on any atom is 0.308 e. The molecule has 1 amide bonds. The van der Waals surface area contributed by atoms with E-state index in [9.17, 15) is 18.8 Å². The fourth-order valence-corrected chi connectivity index (χ4v) is 3.67. The Morgan fingerprint density at radius 2 is 1.81 bits per heavy atom. The van der Waals surface area contributed by atoms with Gasteiger partial charge in [0, 0.05) is 18.1 Å². The Morgan fingerprint density at radius 3 is 2.48 bits per heavy atom. The molecule has 1 aromatic carbocycles. The lowest BCUT2D eigenvalue weighted by Gasteiger charge is -2.11. The molecule has 27 heavy (non-hydrogen) atoms. The van der Waals surface area contributed by atoms with Crippen LogP contribution in [-0.2, 0) is 18.4 Å². The van der Waals surface area contributed by atoms with Crippen LogP contribution in [-0.4, -0.2) is 15.0 Å². The van der Waals surface area contributed by atoms with Gasteiger partial charge >= 0.3 is 4.87 Å². The number of carbonyl (C=O) groups is 1. The molecule has 0 aliphatic heterocycles. The first kappa shape index (κ1) is 18.8. The fourth-order valence-electron chi connectivity index (χ4n) is 2.82. The van der Waals surface area contributed by atoms with Crippen LogP contribution in [0.2, 0.25) is 0 Å². The summed E-state index contributed by atoms with van der Waals surface area (Å²) in [6.45, 7) is 3.26. The van der Waals surface area contributed by atoms with Crippen molar-refractivity contribution in [3.05, 3.63) is 72.8 Å². The molecule has 2 heterocycles. The smallest absolute Gasteiger partial charge is 0.308 e. The second-order valence-electron chi connectivity index (χ2n) is 6.20. The minimum absolute atomic E-state index is 0.188. The molecule has 1 N–H and O–H groups in total. The number of nitrogens with zero attached hydrogens (tertiary/aromatic N) is 2. The lowest BCUT2D eigenvalue weighted by Crippen LogP contribution is -2.29. The average molecular weight is 387 g/mol. The lowest BCUT2D eigenvalue weighted by molar-refractivity contribution is -0.116.